The Morgan fingerprint density at radius 3 is 1.92 bits per heavy atom. The van der Waals surface area contributed by atoms with Crippen LogP contribution in [0.5, 0.6) is 11.5 Å². The Balaban J connectivity index is 1.55. The lowest BCUT2D eigenvalue weighted by Gasteiger charge is -2.52. The molecule has 4 aliphatic heterocycles. The first-order valence-corrected chi connectivity index (χ1v) is 24.4. The lowest BCUT2D eigenvalue weighted by Crippen LogP contribution is -2.71. The Hall–Kier alpha value is -4.06. The second-order valence-corrected chi connectivity index (χ2v) is 18.8. The number of aliphatic hydroxyl groups excluding tert-OH is 11. The lowest BCUT2D eigenvalue weighted by molar-refractivity contribution is -0.390. The van der Waals surface area contributed by atoms with Crippen LogP contribution in [-0.4, -0.2) is 257 Å². The molecule has 4 fully saturated rings. The quantitative estimate of drug-likeness (QED) is 0.0321. The van der Waals surface area contributed by atoms with Gasteiger partial charge in [-0.1, -0.05) is 25.7 Å². The number of benzene rings is 1. The number of aromatic hydroxyl groups is 2. The molecule has 21 atom stereocenters. The number of hydrogen-bond acceptors (Lipinski definition) is 26. The van der Waals surface area contributed by atoms with Crippen molar-refractivity contribution in [3.8, 4) is 11.5 Å². The molecule has 16 N–H and O–H groups in total. The number of carboxylic acids is 1. The Labute approximate surface area is 429 Å². The SMILES string of the molecule is COC(=O)CCCCCCCCO[C@@H]1OC(CO)[C@H](OC2OC(C)[C@@H](O)C(O)C2O)C(OC2OC(CO)[C@@H](O)C(O[C@]3(C(=O)O)CC(O)[C@@H](NC(C)=O)C(C(O)C(O)CO)O3)C2O)C1NC(=O)c1cc(O)cc(O)c1. The van der Waals surface area contributed by atoms with Crippen molar-refractivity contribution in [2.75, 3.05) is 33.5 Å². The number of phenols is 2. The van der Waals surface area contributed by atoms with Crippen LogP contribution < -0.4 is 10.6 Å². The molecule has 5 rings (SSSR count). The molecule has 0 aliphatic carbocycles. The monoisotopic (exact) mass is 1080 g/mol. The molecular formula is C46H72N2O27. The van der Waals surface area contributed by atoms with Gasteiger partial charge in [-0.05, 0) is 31.9 Å². The van der Waals surface area contributed by atoms with Gasteiger partial charge in [0.1, 0.15) is 96.9 Å². The fourth-order valence-electron chi connectivity index (χ4n) is 9.22. The molecule has 0 bridgehead atoms. The predicted molar refractivity (Wildman–Crippen MR) is 244 cm³/mol. The number of carbonyl (C=O) groups excluding carboxylic acids is 3. The Morgan fingerprint density at radius 2 is 1.32 bits per heavy atom. The lowest BCUT2D eigenvalue weighted by atomic mass is 9.88. The van der Waals surface area contributed by atoms with Crippen molar-refractivity contribution in [1.82, 2.24) is 10.6 Å². The fourth-order valence-corrected chi connectivity index (χ4v) is 9.22. The second kappa shape index (κ2) is 28.0. The summed E-state index contributed by atoms with van der Waals surface area (Å²) >= 11 is 0. The van der Waals surface area contributed by atoms with Crippen LogP contribution in [0.25, 0.3) is 0 Å². The summed E-state index contributed by atoms with van der Waals surface area (Å²) in [5, 5.41) is 156. The van der Waals surface area contributed by atoms with Crippen molar-refractivity contribution >= 4 is 23.8 Å². The predicted octanol–water partition coefficient (Wildman–Crippen LogP) is -5.59. The van der Waals surface area contributed by atoms with Gasteiger partial charge < -0.3 is 125 Å². The number of aliphatic hydroxyl groups is 11. The number of ether oxygens (including phenoxy) is 9. The van der Waals surface area contributed by atoms with Crippen LogP contribution in [0.15, 0.2) is 18.2 Å². The highest BCUT2D eigenvalue weighted by Crippen LogP contribution is 2.39. The minimum absolute atomic E-state index is 0.0945. The van der Waals surface area contributed by atoms with E-state index in [1.807, 2.05) is 0 Å². The highest BCUT2D eigenvalue weighted by molar-refractivity contribution is 5.95. The third-order valence-electron chi connectivity index (χ3n) is 13.3. The first kappa shape index (κ1) is 61.8. The van der Waals surface area contributed by atoms with Crippen LogP contribution in [0.2, 0.25) is 0 Å². The molecule has 1 aromatic rings. The molecular weight excluding hydrogens is 1010 g/mol. The minimum atomic E-state index is -3.20. The van der Waals surface area contributed by atoms with E-state index in [1.165, 1.54) is 14.0 Å². The molecule has 4 heterocycles. The molecule has 0 radical (unpaired) electrons. The van der Waals surface area contributed by atoms with Gasteiger partial charge in [-0.2, -0.15) is 0 Å². The second-order valence-electron chi connectivity index (χ2n) is 18.8. The number of unbranched alkanes of at least 4 members (excludes halogenated alkanes) is 5. The Kier molecular flexibility index (Phi) is 23.1. The number of rotatable bonds is 25. The van der Waals surface area contributed by atoms with E-state index in [0.717, 1.165) is 38.0 Å². The van der Waals surface area contributed by atoms with Crippen LogP contribution in [-0.2, 0) is 57.0 Å². The number of nitrogens with one attached hydrogen (secondary N) is 2. The maximum absolute atomic E-state index is 14.1. The maximum Gasteiger partial charge on any atom is 0.364 e. The van der Waals surface area contributed by atoms with Crippen LogP contribution in [0, 0.1) is 0 Å². The van der Waals surface area contributed by atoms with E-state index in [2.05, 4.69) is 15.4 Å². The summed E-state index contributed by atoms with van der Waals surface area (Å²) in [6, 6.07) is -0.515. The van der Waals surface area contributed by atoms with E-state index in [0.29, 0.717) is 25.7 Å². The van der Waals surface area contributed by atoms with Crippen molar-refractivity contribution in [1.29, 1.82) is 0 Å². The van der Waals surface area contributed by atoms with Gasteiger partial charge >= 0.3 is 11.9 Å². The van der Waals surface area contributed by atoms with Crippen molar-refractivity contribution in [3.63, 3.8) is 0 Å². The number of hydrogen-bond donors (Lipinski definition) is 16. The van der Waals surface area contributed by atoms with Crippen molar-refractivity contribution in [2.45, 2.75) is 194 Å². The summed E-state index contributed by atoms with van der Waals surface area (Å²) < 4.78 is 52.6. The van der Waals surface area contributed by atoms with Crippen LogP contribution >= 0.6 is 0 Å². The van der Waals surface area contributed by atoms with Gasteiger partial charge in [0, 0.05) is 38.0 Å². The molecule has 15 unspecified atom stereocenters. The summed E-state index contributed by atoms with van der Waals surface area (Å²) in [6.45, 7) is -0.952. The molecule has 428 valence electrons. The molecule has 0 saturated carbocycles. The minimum Gasteiger partial charge on any atom is -0.508 e. The molecule has 4 saturated heterocycles. The van der Waals surface area contributed by atoms with E-state index < -0.39 is 184 Å². The van der Waals surface area contributed by atoms with Gasteiger partial charge in [0.2, 0.25) is 5.91 Å². The topological polar surface area (TPSA) is 459 Å². The molecule has 2 amide bonds. The number of amides is 2. The summed E-state index contributed by atoms with van der Waals surface area (Å²) in [5.41, 5.74) is -0.355. The standard InChI is InChI=1S/C46H72N2O27/c1-19-31(58)34(61)35(62)43(69-19)72-37-27(18-51)71-42(68-11-9-7-5-4-6-8-10-28(57)67-3)30(48-41(64)21-12-22(53)14-23(54)13-21)39(37)73-44-36(63)40(33(60)26(17-50)70-44)75-46(45(65)66)15-24(55)29(47-20(2)52)38(74-46)32(59)25(56)16-49/h12-14,19,24-27,29-40,42-44,49-51,53-56,58-63H,4-11,15-18H2,1-3H3,(H,47,52)(H,48,64)(H,65,66)/t19?,24?,25?,26?,27?,29-,30?,31-,32?,33-,34?,35?,36?,37+,38?,39?,40?,42-,43?,44?,46+/m1/s1. The number of methoxy groups -OCH3 is 1. The zero-order chi connectivity index (χ0) is 55.5. The maximum atomic E-state index is 14.1. The normalized spacial score (nSPS) is 37.0. The Bertz CT molecular complexity index is 1990. The molecule has 0 spiro atoms. The first-order valence-electron chi connectivity index (χ1n) is 24.4. The van der Waals surface area contributed by atoms with E-state index in [1.54, 1.807) is 0 Å². The summed E-state index contributed by atoms with van der Waals surface area (Å²) in [7, 11) is 1.30. The number of carbonyl (C=O) groups is 4. The van der Waals surface area contributed by atoms with Gasteiger partial charge in [0.25, 0.3) is 11.7 Å². The van der Waals surface area contributed by atoms with Crippen molar-refractivity contribution < 1.29 is 133 Å². The van der Waals surface area contributed by atoms with Gasteiger partial charge in [0.15, 0.2) is 18.9 Å². The average molecular weight is 1090 g/mol. The van der Waals surface area contributed by atoms with E-state index in [4.69, 9.17) is 37.9 Å². The first-order chi connectivity index (χ1) is 35.5. The number of phenolic OH excluding ortho intramolecular Hbond substituents is 2. The highest BCUT2D eigenvalue weighted by Gasteiger charge is 2.61. The number of carboxylic acid groups (broad SMARTS) is 1. The smallest absolute Gasteiger partial charge is 0.364 e. The van der Waals surface area contributed by atoms with Crippen LogP contribution in [0.4, 0.5) is 0 Å². The van der Waals surface area contributed by atoms with E-state index in [-0.39, 0.29) is 24.6 Å². The van der Waals surface area contributed by atoms with Crippen LogP contribution in [0.3, 0.4) is 0 Å². The summed E-state index contributed by atoms with van der Waals surface area (Å²) in [5.74, 6) is -8.55. The van der Waals surface area contributed by atoms with Gasteiger partial charge in [0.05, 0.1) is 45.2 Å². The van der Waals surface area contributed by atoms with Gasteiger partial charge in [-0.15, -0.1) is 0 Å². The largest absolute Gasteiger partial charge is 0.508 e. The summed E-state index contributed by atoms with van der Waals surface area (Å²) in [4.78, 5) is 51.0. The van der Waals surface area contributed by atoms with Crippen LogP contribution in [0.1, 0.15) is 75.6 Å². The average Bonchev–Trinajstić information content (AvgIpc) is 3.37. The zero-order valence-electron chi connectivity index (χ0n) is 41.3. The van der Waals surface area contributed by atoms with Gasteiger partial charge in [-0.3, -0.25) is 14.4 Å². The zero-order valence-corrected chi connectivity index (χ0v) is 41.3. The number of aliphatic carboxylic acids is 1. The molecule has 0 aromatic heterocycles. The van der Waals surface area contributed by atoms with Crippen molar-refractivity contribution in [3.05, 3.63) is 23.8 Å². The fraction of sp³-hybridized carbons (Fsp3) is 0.783. The van der Waals surface area contributed by atoms with Gasteiger partial charge in [-0.25, -0.2) is 4.79 Å². The van der Waals surface area contributed by atoms with Crippen molar-refractivity contribution in [2.24, 2.45) is 0 Å². The highest BCUT2D eigenvalue weighted by atomic mass is 16.8. The number of esters is 1. The van der Waals surface area contributed by atoms with E-state index in [9.17, 15) is 90.7 Å². The molecule has 29 heteroatoms. The molecule has 75 heavy (non-hydrogen) atoms. The summed E-state index contributed by atoms with van der Waals surface area (Å²) in [6.07, 6.45) is -32.1. The molecule has 1 aromatic carbocycles. The molecule has 4 aliphatic rings. The Morgan fingerprint density at radius 1 is 0.720 bits per heavy atom. The van der Waals surface area contributed by atoms with E-state index >= 15 is 0 Å². The third-order valence-corrected chi connectivity index (χ3v) is 13.3. The molecule has 29 nitrogen and oxygen atoms in total. The third kappa shape index (κ3) is 15.4.